The SMILES string of the molecule is CCCCC(CC)C(=O)N1CCn2cccc2C1c1ccccc1F. The summed E-state index contributed by atoms with van der Waals surface area (Å²) in [4.78, 5) is 15.2. The summed E-state index contributed by atoms with van der Waals surface area (Å²) in [6.45, 7) is 5.61. The Bertz CT molecular complexity index is 724. The van der Waals surface area contributed by atoms with Crippen LogP contribution in [0.25, 0.3) is 0 Å². The molecule has 4 heteroatoms. The van der Waals surface area contributed by atoms with E-state index in [1.807, 2.05) is 29.3 Å². The molecule has 1 aliphatic rings. The Morgan fingerprint density at radius 3 is 2.72 bits per heavy atom. The van der Waals surface area contributed by atoms with Crippen molar-refractivity contribution in [2.45, 2.75) is 52.1 Å². The van der Waals surface area contributed by atoms with E-state index in [1.54, 1.807) is 12.1 Å². The van der Waals surface area contributed by atoms with Crippen LogP contribution < -0.4 is 0 Å². The standard InChI is InChI=1S/C21H27FN2O/c1-3-5-9-16(4-2)21(25)24-15-14-23-13-8-12-19(23)20(24)17-10-6-7-11-18(17)22/h6-8,10-13,16,20H,3-5,9,14-15H2,1-2H3. The van der Waals surface area contributed by atoms with Crippen molar-refractivity contribution in [3.8, 4) is 0 Å². The van der Waals surface area contributed by atoms with Crippen molar-refractivity contribution in [2.24, 2.45) is 5.92 Å². The van der Waals surface area contributed by atoms with E-state index in [0.29, 0.717) is 12.1 Å². The second-order valence-corrected chi connectivity index (χ2v) is 6.83. The second-order valence-electron chi connectivity index (χ2n) is 6.83. The topological polar surface area (TPSA) is 25.2 Å². The first-order valence-electron chi connectivity index (χ1n) is 9.37. The zero-order chi connectivity index (χ0) is 17.8. The third kappa shape index (κ3) is 3.48. The molecule has 2 unspecified atom stereocenters. The first-order chi connectivity index (χ1) is 12.2. The molecular formula is C21H27FN2O. The van der Waals surface area contributed by atoms with Crippen molar-refractivity contribution in [1.29, 1.82) is 0 Å². The van der Waals surface area contributed by atoms with E-state index in [2.05, 4.69) is 18.4 Å². The van der Waals surface area contributed by atoms with Gasteiger partial charge in [-0.1, -0.05) is 44.9 Å². The maximum atomic E-state index is 14.5. The monoisotopic (exact) mass is 342 g/mol. The van der Waals surface area contributed by atoms with E-state index in [-0.39, 0.29) is 23.7 Å². The highest BCUT2D eigenvalue weighted by Gasteiger charge is 2.35. The number of amides is 1. The minimum absolute atomic E-state index is 0.0238. The molecule has 1 aromatic carbocycles. The third-order valence-electron chi connectivity index (χ3n) is 5.27. The number of hydrogen-bond donors (Lipinski definition) is 0. The maximum absolute atomic E-state index is 14.5. The number of carbonyl (C=O) groups excluding carboxylic acids is 1. The molecule has 3 nitrogen and oxygen atoms in total. The number of nitrogens with zero attached hydrogens (tertiary/aromatic N) is 2. The zero-order valence-corrected chi connectivity index (χ0v) is 15.1. The van der Waals surface area contributed by atoms with Gasteiger partial charge in [-0.2, -0.15) is 0 Å². The van der Waals surface area contributed by atoms with Gasteiger partial charge in [0, 0.05) is 36.5 Å². The maximum Gasteiger partial charge on any atom is 0.226 e. The first-order valence-corrected chi connectivity index (χ1v) is 9.37. The lowest BCUT2D eigenvalue weighted by atomic mass is 9.93. The average molecular weight is 342 g/mol. The van der Waals surface area contributed by atoms with Gasteiger partial charge in [0.05, 0.1) is 0 Å². The zero-order valence-electron chi connectivity index (χ0n) is 15.1. The molecule has 3 rings (SSSR count). The molecule has 1 amide bonds. The Hall–Kier alpha value is -2.10. The minimum Gasteiger partial charge on any atom is -0.348 e. The van der Waals surface area contributed by atoms with Gasteiger partial charge in [0.25, 0.3) is 0 Å². The summed E-state index contributed by atoms with van der Waals surface area (Å²) in [5.41, 5.74) is 1.58. The molecular weight excluding hydrogens is 315 g/mol. The van der Waals surface area contributed by atoms with Crippen LogP contribution in [0.15, 0.2) is 42.6 Å². The first kappa shape index (κ1) is 17.7. The normalized spacial score (nSPS) is 18.0. The van der Waals surface area contributed by atoms with Gasteiger partial charge in [-0.15, -0.1) is 0 Å². The summed E-state index contributed by atoms with van der Waals surface area (Å²) in [6, 6.07) is 10.5. The predicted molar refractivity (Wildman–Crippen MR) is 97.7 cm³/mol. The number of aromatic nitrogens is 1. The van der Waals surface area contributed by atoms with Crippen LogP contribution >= 0.6 is 0 Å². The highest BCUT2D eigenvalue weighted by Crippen LogP contribution is 2.35. The van der Waals surface area contributed by atoms with Gasteiger partial charge in [-0.05, 0) is 31.0 Å². The van der Waals surface area contributed by atoms with Gasteiger partial charge >= 0.3 is 0 Å². The molecule has 0 bridgehead atoms. The molecule has 2 aromatic rings. The Balaban J connectivity index is 1.97. The molecule has 0 saturated carbocycles. The van der Waals surface area contributed by atoms with Crippen molar-refractivity contribution in [1.82, 2.24) is 9.47 Å². The summed E-state index contributed by atoms with van der Waals surface area (Å²) in [6.07, 6.45) is 5.90. The van der Waals surface area contributed by atoms with E-state index in [9.17, 15) is 9.18 Å². The number of benzene rings is 1. The molecule has 0 radical (unpaired) electrons. The van der Waals surface area contributed by atoms with Gasteiger partial charge in [0.1, 0.15) is 11.9 Å². The van der Waals surface area contributed by atoms with Gasteiger partial charge < -0.3 is 9.47 Å². The van der Waals surface area contributed by atoms with Gasteiger partial charge in [0.2, 0.25) is 5.91 Å². The number of hydrogen-bond acceptors (Lipinski definition) is 1. The van der Waals surface area contributed by atoms with Crippen LogP contribution in [-0.2, 0) is 11.3 Å². The Kier molecular flexibility index (Phi) is 5.57. The molecule has 25 heavy (non-hydrogen) atoms. The van der Waals surface area contributed by atoms with Crippen LogP contribution in [0.5, 0.6) is 0 Å². The van der Waals surface area contributed by atoms with E-state index in [0.717, 1.165) is 37.9 Å². The Morgan fingerprint density at radius 1 is 1.20 bits per heavy atom. The quantitative estimate of drug-likeness (QED) is 0.742. The summed E-state index contributed by atoms with van der Waals surface area (Å²) < 4.78 is 16.7. The number of fused-ring (bicyclic) bond motifs is 1. The number of carbonyl (C=O) groups is 1. The molecule has 134 valence electrons. The van der Waals surface area contributed by atoms with E-state index in [1.165, 1.54) is 6.07 Å². The predicted octanol–water partition coefficient (Wildman–Crippen LogP) is 4.78. The Labute approximate surface area is 149 Å². The fraction of sp³-hybridized carbons (Fsp3) is 0.476. The summed E-state index contributed by atoms with van der Waals surface area (Å²) in [5, 5.41) is 0. The Morgan fingerprint density at radius 2 is 2.00 bits per heavy atom. The van der Waals surface area contributed by atoms with E-state index < -0.39 is 0 Å². The van der Waals surface area contributed by atoms with Crippen molar-refractivity contribution in [2.75, 3.05) is 6.54 Å². The van der Waals surface area contributed by atoms with E-state index >= 15 is 0 Å². The van der Waals surface area contributed by atoms with Crippen molar-refractivity contribution < 1.29 is 9.18 Å². The highest BCUT2D eigenvalue weighted by atomic mass is 19.1. The molecule has 0 aliphatic carbocycles. The highest BCUT2D eigenvalue weighted by molar-refractivity contribution is 5.80. The molecule has 1 aromatic heterocycles. The van der Waals surface area contributed by atoms with Gasteiger partial charge in [0.15, 0.2) is 0 Å². The fourth-order valence-corrected chi connectivity index (χ4v) is 3.83. The lowest BCUT2D eigenvalue weighted by Gasteiger charge is -2.39. The minimum atomic E-state index is -0.340. The van der Waals surface area contributed by atoms with Crippen LogP contribution in [0, 0.1) is 11.7 Å². The lowest BCUT2D eigenvalue weighted by Crippen LogP contribution is -2.45. The number of unbranched alkanes of at least 4 members (excludes halogenated alkanes) is 1. The number of halogens is 1. The van der Waals surface area contributed by atoms with E-state index in [4.69, 9.17) is 0 Å². The lowest BCUT2D eigenvalue weighted by molar-refractivity contribution is -0.138. The van der Waals surface area contributed by atoms with Crippen LogP contribution in [0.1, 0.15) is 56.8 Å². The molecule has 2 heterocycles. The van der Waals surface area contributed by atoms with Crippen molar-refractivity contribution in [3.05, 3.63) is 59.7 Å². The van der Waals surface area contributed by atoms with Crippen molar-refractivity contribution in [3.63, 3.8) is 0 Å². The van der Waals surface area contributed by atoms with Gasteiger partial charge in [-0.3, -0.25) is 4.79 Å². The molecule has 1 aliphatic heterocycles. The van der Waals surface area contributed by atoms with Gasteiger partial charge in [-0.25, -0.2) is 4.39 Å². The average Bonchev–Trinajstić information content (AvgIpc) is 3.10. The van der Waals surface area contributed by atoms with Crippen LogP contribution in [-0.4, -0.2) is 21.9 Å². The van der Waals surface area contributed by atoms with Crippen LogP contribution in [0.4, 0.5) is 4.39 Å². The summed E-state index contributed by atoms with van der Waals surface area (Å²) in [7, 11) is 0. The molecule has 0 fully saturated rings. The van der Waals surface area contributed by atoms with Crippen molar-refractivity contribution >= 4 is 5.91 Å². The third-order valence-corrected chi connectivity index (χ3v) is 5.27. The summed E-state index contributed by atoms with van der Waals surface area (Å²) in [5.74, 6) is -0.0612. The molecule has 0 N–H and O–H groups in total. The summed E-state index contributed by atoms with van der Waals surface area (Å²) >= 11 is 0. The largest absolute Gasteiger partial charge is 0.348 e. The molecule has 0 spiro atoms. The van der Waals surface area contributed by atoms with Crippen LogP contribution in [0.3, 0.4) is 0 Å². The second kappa shape index (κ2) is 7.85. The van der Waals surface area contributed by atoms with Crippen LogP contribution in [0.2, 0.25) is 0 Å². The molecule has 0 saturated heterocycles. The molecule has 2 atom stereocenters. The smallest absolute Gasteiger partial charge is 0.226 e. The fourth-order valence-electron chi connectivity index (χ4n) is 3.83. The number of rotatable bonds is 6.